The number of nitrogens with zero attached hydrogens (tertiary/aromatic N) is 3. The molecule has 186 valence electrons. The summed E-state index contributed by atoms with van der Waals surface area (Å²) in [6, 6.07) is 12.4. The molecule has 1 saturated heterocycles. The molecule has 35 heavy (non-hydrogen) atoms. The van der Waals surface area contributed by atoms with Crippen LogP contribution in [0.15, 0.2) is 51.7 Å². The largest absolute Gasteiger partial charge is 0.496 e. The van der Waals surface area contributed by atoms with Gasteiger partial charge in [0.2, 0.25) is 0 Å². The van der Waals surface area contributed by atoms with E-state index in [1.807, 2.05) is 30.3 Å². The van der Waals surface area contributed by atoms with E-state index in [9.17, 15) is 9.59 Å². The van der Waals surface area contributed by atoms with E-state index in [1.54, 1.807) is 12.1 Å². The van der Waals surface area contributed by atoms with E-state index < -0.39 is 11.8 Å². The number of halogens is 1. The fraction of sp³-hybridized carbons (Fsp3) is 0.400. The number of hydrogen-bond acceptors (Lipinski definition) is 7. The van der Waals surface area contributed by atoms with Crippen molar-refractivity contribution in [3.63, 3.8) is 0 Å². The van der Waals surface area contributed by atoms with Gasteiger partial charge in [0.15, 0.2) is 0 Å². The van der Waals surface area contributed by atoms with Crippen LogP contribution in [0, 0.1) is 0 Å². The molecule has 10 heteroatoms. The van der Waals surface area contributed by atoms with Gasteiger partial charge in [-0.1, -0.05) is 55.3 Å². The van der Waals surface area contributed by atoms with Crippen molar-refractivity contribution in [1.29, 1.82) is 0 Å². The van der Waals surface area contributed by atoms with Gasteiger partial charge in [-0.2, -0.15) is 4.68 Å². The molecule has 0 spiro atoms. The highest BCUT2D eigenvalue weighted by Gasteiger charge is 2.28. The summed E-state index contributed by atoms with van der Waals surface area (Å²) in [5.41, 5.74) is 1.58. The van der Waals surface area contributed by atoms with Crippen LogP contribution < -0.4 is 15.8 Å². The first-order valence-electron chi connectivity index (χ1n) is 11.7. The third-order valence-electron chi connectivity index (χ3n) is 5.96. The van der Waals surface area contributed by atoms with Crippen LogP contribution in [0.3, 0.4) is 0 Å². The Morgan fingerprint density at radius 3 is 2.83 bits per heavy atom. The van der Waals surface area contributed by atoms with Crippen molar-refractivity contribution < 1.29 is 18.7 Å². The van der Waals surface area contributed by atoms with E-state index in [0.717, 1.165) is 44.5 Å². The van der Waals surface area contributed by atoms with E-state index in [4.69, 9.17) is 25.5 Å². The topological polar surface area (TPSA) is 98.8 Å². The van der Waals surface area contributed by atoms with E-state index in [0.29, 0.717) is 17.0 Å². The molecule has 1 N–H and O–H groups in total. The second-order valence-electron chi connectivity index (χ2n) is 8.43. The lowest BCUT2D eigenvalue weighted by Crippen LogP contribution is -2.26. The highest BCUT2D eigenvalue weighted by molar-refractivity contribution is 6.34. The van der Waals surface area contributed by atoms with Crippen LogP contribution in [0.25, 0.3) is 11.5 Å². The quantitative estimate of drug-likeness (QED) is 0.443. The molecule has 1 aliphatic rings. The molecule has 1 fully saturated rings. The molecule has 2 aromatic carbocycles. The minimum atomic E-state index is -0.657. The Morgan fingerprint density at radius 2 is 2.09 bits per heavy atom. The van der Waals surface area contributed by atoms with Crippen molar-refractivity contribution in [2.45, 2.75) is 38.8 Å². The Labute approximate surface area is 208 Å². The molecule has 0 saturated carbocycles. The Balaban J connectivity index is 1.48. The molecule has 0 aliphatic carbocycles. The Morgan fingerprint density at radius 1 is 1.29 bits per heavy atom. The Bertz CT molecular complexity index is 1210. The Kier molecular flexibility index (Phi) is 8.09. The average molecular weight is 501 g/mol. The van der Waals surface area contributed by atoms with Gasteiger partial charge in [-0.25, -0.2) is 9.59 Å². The van der Waals surface area contributed by atoms with Crippen molar-refractivity contribution in [1.82, 2.24) is 14.7 Å². The average Bonchev–Trinajstić information content (AvgIpc) is 3.49. The van der Waals surface area contributed by atoms with Crippen LogP contribution in [-0.2, 0) is 11.3 Å². The zero-order valence-corrected chi connectivity index (χ0v) is 20.6. The number of unbranched alkanes of at least 4 members (excludes halogenated alkanes) is 1. The predicted octanol–water partition coefficient (Wildman–Crippen LogP) is 4.96. The molecular weight excluding hydrogens is 472 g/mol. The van der Waals surface area contributed by atoms with Crippen molar-refractivity contribution in [2.75, 3.05) is 32.1 Å². The lowest BCUT2D eigenvalue weighted by atomic mass is 10.1. The lowest BCUT2D eigenvalue weighted by molar-refractivity contribution is 0.155. The zero-order chi connectivity index (χ0) is 24.8. The summed E-state index contributed by atoms with van der Waals surface area (Å²) >= 11 is 6.42. The van der Waals surface area contributed by atoms with Gasteiger partial charge in [0, 0.05) is 19.2 Å². The fourth-order valence-electron chi connectivity index (χ4n) is 4.08. The third kappa shape index (κ3) is 6.04. The maximum Gasteiger partial charge on any atom is 0.437 e. The number of nitrogens with one attached hydrogen (secondary N) is 1. The maximum atomic E-state index is 12.6. The smallest absolute Gasteiger partial charge is 0.437 e. The van der Waals surface area contributed by atoms with Crippen molar-refractivity contribution in [3.8, 4) is 17.2 Å². The number of rotatable bonds is 9. The van der Waals surface area contributed by atoms with Gasteiger partial charge in [0.25, 0.3) is 5.89 Å². The highest BCUT2D eigenvalue weighted by atomic mass is 35.5. The normalized spacial score (nSPS) is 15.8. The maximum absolute atomic E-state index is 12.6. The molecule has 1 atom stereocenters. The fourth-order valence-corrected chi connectivity index (χ4v) is 4.29. The van der Waals surface area contributed by atoms with Gasteiger partial charge < -0.3 is 18.8 Å². The third-order valence-corrected chi connectivity index (χ3v) is 6.27. The highest BCUT2D eigenvalue weighted by Crippen LogP contribution is 2.37. The summed E-state index contributed by atoms with van der Waals surface area (Å²) in [7, 11) is 1.47. The van der Waals surface area contributed by atoms with Crippen LogP contribution >= 0.6 is 11.6 Å². The number of carbonyl (C=O) groups excluding carboxylic acids is 1. The van der Waals surface area contributed by atoms with Gasteiger partial charge in [-0.3, -0.25) is 5.32 Å². The van der Waals surface area contributed by atoms with E-state index >= 15 is 0 Å². The van der Waals surface area contributed by atoms with Crippen LogP contribution in [0.4, 0.5) is 10.5 Å². The van der Waals surface area contributed by atoms with Crippen LogP contribution in [0.5, 0.6) is 5.75 Å². The molecule has 1 aliphatic heterocycles. The zero-order valence-electron chi connectivity index (χ0n) is 19.8. The number of anilines is 1. The second-order valence-corrected chi connectivity index (χ2v) is 8.84. The molecule has 0 radical (unpaired) electrons. The molecule has 3 aromatic rings. The van der Waals surface area contributed by atoms with Gasteiger partial charge in [0.1, 0.15) is 12.4 Å². The van der Waals surface area contributed by atoms with E-state index in [1.165, 1.54) is 11.8 Å². The monoisotopic (exact) mass is 500 g/mol. The van der Waals surface area contributed by atoms with E-state index in [-0.39, 0.29) is 23.6 Å². The molecule has 9 nitrogen and oxygen atoms in total. The predicted molar refractivity (Wildman–Crippen MR) is 133 cm³/mol. The first-order chi connectivity index (χ1) is 17.0. The molecule has 1 unspecified atom stereocenters. The molecule has 4 rings (SSSR count). The number of hydrogen-bond donors (Lipinski definition) is 1. The summed E-state index contributed by atoms with van der Waals surface area (Å²) in [6.45, 7) is 4.99. The number of ether oxygens (including phenoxy) is 2. The number of likely N-dealkylation sites (tertiary alicyclic amines) is 1. The van der Waals surface area contributed by atoms with Gasteiger partial charge in [-0.15, -0.1) is 5.10 Å². The number of amides is 1. The molecule has 1 aromatic heterocycles. The first kappa shape index (κ1) is 24.8. The van der Waals surface area contributed by atoms with E-state index in [2.05, 4.69) is 22.2 Å². The van der Waals surface area contributed by atoms with Gasteiger partial charge in [-0.05, 0) is 31.0 Å². The van der Waals surface area contributed by atoms with Gasteiger partial charge >= 0.3 is 11.8 Å². The standard InChI is InChI=1S/C25H29ClN4O5/c1-3-4-11-29-12-10-18(15-29)30-25(32)35-23(28-30)19-13-20(26)21(14-22(19)33-2)27-24(31)34-16-17-8-6-5-7-9-17/h5-9,13-14,18H,3-4,10-12,15-16H2,1-2H3,(H,27,31). The number of benzene rings is 2. The second kappa shape index (κ2) is 11.4. The number of methoxy groups -OCH3 is 1. The Hall–Kier alpha value is -3.30. The summed E-state index contributed by atoms with van der Waals surface area (Å²) in [6.07, 6.45) is 2.43. The van der Waals surface area contributed by atoms with Crippen LogP contribution in [0.2, 0.25) is 5.02 Å². The number of aromatic nitrogens is 2. The van der Waals surface area contributed by atoms with Gasteiger partial charge in [0.05, 0.1) is 29.4 Å². The van der Waals surface area contributed by atoms with Crippen LogP contribution in [0.1, 0.15) is 37.8 Å². The SMILES string of the molecule is CCCCN1CCC(n2nc(-c3cc(Cl)c(NC(=O)OCc4ccccc4)cc3OC)oc2=O)C1. The number of carbonyl (C=O) groups is 1. The minimum Gasteiger partial charge on any atom is -0.496 e. The van der Waals surface area contributed by atoms with Crippen LogP contribution in [-0.4, -0.2) is 47.5 Å². The molecule has 1 amide bonds. The lowest BCUT2D eigenvalue weighted by Gasteiger charge is -2.14. The first-order valence-corrected chi connectivity index (χ1v) is 12.0. The molecule has 2 heterocycles. The summed E-state index contributed by atoms with van der Waals surface area (Å²) in [5, 5.41) is 7.28. The molecule has 0 bridgehead atoms. The van der Waals surface area contributed by atoms with Crippen molar-refractivity contribution >= 4 is 23.4 Å². The van der Waals surface area contributed by atoms with Crippen molar-refractivity contribution in [2.24, 2.45) is 0 Å². The minimum absolute atomic E-state index is 0.0429. The summed E-state index contributed by atoms with van der Waals surface area (Å²) in [4.78, 5) is 27.2. The summed E-state index contributed by atoms with van der Waals surface area (Å²) < 4.78 is 17.6. The summed E-state index contributed by atoms with van der Waals surface area (Å²) in [5.74, 6) is -0.0664. The molecular formula is C25H29ClN4O5. The van der Waals surface area contributed by atoms with Crippen molar-refractivity contribution in [3.05, 3.63) is 63.6 Å².